The summed E-state index contributed by atoms with van der Waals surface area (Å²) >= 11 is 0. The van der Waals surface area contributed by atoms with Crippen LogP contribution in [0.5, 0.6) is 0 Å². The van der Waals surface area contributed by atoms with Gasteiger partial charge in [-0.05, 0) is 62.8 Å². The number of nitrogen functional groups attached to an aromatic ring is 1. The van der Waals surface area contributed by atoms with Gasteiger partial charge in [0.15, 0.2) is 0 Å². The molecule has 1 aliphatic rings. The quantitative estimate of drug-likeness (QED) is 0.830. The summed E-state index contributed by atoms with van der Waals surface area (Å²) in [4.78, 5) is 2.52. The van der Waals surface area contributed by atoms with Crippen LogP contribution in [0.4, 0.5) is 5.69 Å². The average Bonchev–Trinajstić information content (AvgIpc) is 2.44. The van der Waals surface area contributed by atoms with E-state index in [0.717, 1.165) is 24.2 Å². The highest BCUT2D eigenvalue weighted by Gasteiger charge is 2.23. The second-order valence-electron chi connectivity index (χ2n) is 6.13. The molecule has 0 heterocycles. The molecule has 1 aliphatic carbocycles. The molecular formula is C17H28N2. The maximum atomic E-state index is 5.99. The van der Waals surface area contributed by atoms with E-state index in [1.54, 1.807) is 0 Å². The zero-order valence-corrected chi connectivity index (χ0v) is 12.7. The van der Waals surface area contributed by atoms with E-state index in [0.29, 0.717) is 0 Å². The summed E-state index contributed by atoms with van der Waals surface area (Å²) < 4.78 is 0. The topological polar surface area (TPSA) is 29.3 Å². The first kappa shape index (κ1) is 14.4. The lowest BCUT2D eigenvalue weighted by atomic mass is 9.84. The highest BCUT2D eigenvalue weighted by atomic mass is 15.1. The van der Waals surface area contributed by atoms with Crippen molar-refractivity contribution in [3.05, 3.63) is 29.3 Å². The lowest BCUT2D eigenvalue weighted by Gasteiger charge is -2.34. The predicted molar refractivity (Wildman–Crippen MR) is 83.1 cm³/mol. The summed E-state index contributed by atoms with van der Waals surface area (Å²) in [6.07, 6.45) is 6.88. The number of nitrogens with zero attached hydrogens (tertiary/aromatic N) is 1. The minimum atomic E-state index is 0.753. The lowest BCUT2D eigenvalue weighted by Crippen LogP contribution is -2.34. The smallest absolute Gasteiger partial charge is 0.0346 e. The highest BCUT2D eigenvalue weighted by Crippen LogP contribution is 2.30. The van der Waals surface area contributed by atoms with Crippen molar-refractivity contribution < 1.29 is 0 Å². The maximum Gasteiger partial charge on any atom is 0.0346 e. The Hall–Kier alpha value is -1.02. The Bertz CT molecular complexity index is 406. The van der Waals surface area contributed by atoms with E-state index in [2.05, 4.69) is 37.9 Å². The van der Waals surface area contributed by atoms with Gasteiger partial charge in [0.25, 0.3) is 0 Å². The van der Waals surface area contributed by atoms with Crippen LogP contribution in [0, 0.1) is 12.8 Å². The van der Waals surface area contributed by atoms with Gasteiger partial charge in [-0.15, -0.1) is 0 Å². The molecule has 19 heavy (non-hydrogen) atoms. The summed E-state index contributed by atoms with van der Waals surface area (Å²) in [5.74, 6) is 0.971. The fourth-order valence-corrected chi connectivity index (χ4v) is 3.27. The van der Waals surface area contributed by atoms with E-state index >= 15 is 0 Å². The molecule has 0 unspecified atom stereocenters. The molecule has 0 radical (unpaired) electrons. The van der Waals surface area contributed by atoms with Crippen LogP contribution in [0.25, 0.3) is 0 Å². The van der Waals surface area contributed by atoms with Crippen LogP contribution in [0.1, 0.15) is 50.2 Å². The first-order valence-corrected chi connectivity index (χ1v) is 7.66. The van der Waals surface area contributed by atoms with Gasteiger partial charge in [0.1, 0.15) is 0 Å². The molecular weight excluding hydrogens is 232 g/mol. The van der Waals surface area contributed by atoms with Gasteiger partial charge in [-0.2, -0.15) is 0 Å². The molecule has 1 aromatic carbocycles. The monoisotopic (exact) mass is 260 g/mol. The van der Waals surface area contributed by atoms with Crippen molar-refractivity contribution in [2.45, 2.75) is 58.5 Å². The van der Waals surface area contributed by atoms with Crippen molar-refractivity contribution >= 4 is 5.69 Å². The first-order valence-electron chi connectivity index (χ1n) is 7.66. The Kier molecular flexibility index (Phi) is 4.87. The van der Waals surface area contributed by atoms with Crippen molar-refractivity contribution in [2.75, 3.05) is 12.8 Å². The van der Waals surface area contributed by atoms with Gasteiger partial charge in [-0.25, -0.2) is 0 Å². The maximum absolute atomic E-state index is 5.99. The molecule has 0 bridgehead atoms. The summed E-state index contributed by atoms with van der Waals surface area (Å²) in [6.45, 7) is 5.48. The summed E-state index contributed by atoms with van der Waals surface area (Å²) in [5, 5.41) is 0. The van der Waals surface area contributed by atoms with E-state index in [-0.39, 0.29) is 0 Å². The van der Waals surface area contributed by atoms with E-state index in [1.165, 1.54) is 43.2 Å². The Morgan fingerprint density at radius 1 is 1.21 bits per heavy atom. The molecule has 106 valence electrons. The molecule has 2 rings (SSSR count). The van der Waals surface area contributed by atoms with Gasteiger partial charge in [0.2, 0.25) is 0 Å². The fraction of sp³-hybridized carbons (Fsp3) is 0.647. The standard InChI is InChI=1S/C17H28N2/c1-4-14-8-10-16(11-9-14)19(3)12-15-6-5-7-17(18)13(15)2/h5-7,14,16H,4,8-12,18H2,1-3H3. The van der Waals surface area contributed by atoms with Crippen LogP contribution in [-0.4, -0.2) is 18.0 Å². The van der Waals surface area contributed by atoms with Crippen molar-refractivity contribution in [2.24, 2.45) is 5.92 Å². The Morgan fingerprint density at radius 3 is 2.53 bits per heavy atom. The molecule has 0 aromatic heterocycles. The van der Waals surface area contributed by atoms with Crippen molar-refractivity contribution in [3.63, 3.8) is 0 Å². The van der Waals surface area contributed by atoms with Crippen molar-refractivity contribution in [1.29, 1.82) is 0 Å². The van der Waals surface area contributed by atoms with Gasteiger partial charge in [0.05, 0.1) is 0 Å². The Labute approximate surface area is 118 Å². The highest BCUT2D eigenvalue weighted by molar-refractivity contribution is 5.49. The summed E-state index contributed by atoms with van der Waals surface area (Å²) in [7, 11) is 2.26. The third-order valence-electron chi connectivity index (χ3n) is 4.92. The Morgan fingerprint density at radius 2 is 1.89 bits per heavy atom. The second kappa shape index (κ2) is 6.42. The summed E-state index contributed by atoms with van der Waals surface area (Å²) in [6, 6.07) is 7.02. The number of anilines is 1. The second-order valence-corrected chi connectivity index (χ2v) is 6.13. The van der Waals surface area contributed by atoms with Gasteiger partial charge in [0, 0.05) is 18.3 Å². The molecule has 1 aromatic rings. The van der Waals surface area contributed by atoms with Gasteiger partial charge < -0.3 is 5.73 Å². The molecule has 1 fully saturated rings. The van der Waals surface area contributed by atoms with E-state index in [1.807, 2.05) is 6.07 Å². The number of benzene rings is 1. The minimum absolute atomic E-state index is 0.753. The number of hydrogen-bond donors (Lipinski definition) is 1. The molecule has 2 nitrogen and oxygen atoms in total. The number of hydrogen-bond acceptors (Lipinski definition) is 2. The third-order valence-corrected chi connectivity index (χ3v) is 4.92. The molecule has 0 saturated heterocycles. The fourth-order valence-electron chi connectivity index (χ4n) is 3.27. The van der Waals surface area contributed by atoms with Gasteiger partial charge in [-0.1, -0.05) is 25.5 Å². The van der Waals surface area contributed by atoms with Crippen LogP contribution in [-0.2, 0) is 6.54 Å². The van der Waals surface area contributed by atoms with Crippen LogP contribution < -0.4 is 5.73 Å². The zero-order valence-electron chi connectivity index (χ0n) is 12.7. The summed E-state index contributed by atoms with van der Waals surface area (Å²) in [5.41, 5.74) is 9.53. The molecule has 0 aliphatic heterocycles. The number of rotatable bonds is 4. The molecule has 0 amide bonds. The van der Waals surface area contributed by atoms with Crippen LogP contribution in [0.15, 0.2) is 18.2 Å². The normalized spacial score (nSPS) is 23.8. The van der Waals surface area contributed by atoms with Crippen LogP contribution in [0.2, 0.25) is 0 Å². The van der Waals surface area contributed by atoms with E-state index in [4.69, 9.17) is 5.73 Å². The van der Waals surface area contributed by atoms with E-state index in [9.17, 15) is 0 Å². The SMILES string of the molecule is CCC1CCC(N(C)Cc2cccc(N)c2C)CC1. The molecule has 1 saturated carbocycles. The predicted octanol–water partition coefficient (Wildman–Crippen LogP) is 3.98. The van der Waals surface area contributed by atoms with E-state index < -0.39 is 0 Å². The first-order chi connectivity index (χ1) is 9.11. The third kappa shape index (κ3) is 3.50. The van der Waals surface area contributed by atoms with Crippen molar-refractivity contribution in [3.8, 4) is 0 Å². The zero-order chi connectivity index (χ0) is 13.8. The Balaban J connectivity index is 1.94. The molecule has 2 heteroatoms. The van der Waals surface area contributed by atoms with Gasteiger partial charge in [-0.3, -0.25) is 4.90 Å². The van der Waals surface area contributed by atoms with Gasteiger partial charge >= 0.3 is 0 Å². The largest absolute Gasteiger partial charge is 0.399 e. The minimum Gasteiger partial charge on any atom is -0.399 e. The number of nitrogens with two attached hydrogens (primary N) is 1. The molecule has 0 atom stereocenters. The van der Waals surface area contributed by atoms with Crippen LogP contribution >= 0.6 is 0 Å². The van der Waals surface area contributed by atoms with Crippen molar-refractivity contribution in [1.82, 2.24) is 4.90 Å². The average molecular weight is 260 g/mol. The molecule has 0 spiro atoms. The lowest BCUT2D eigenvalue weighted by molar-refractivity contribution is 0.157. The van der Waals surface area contributed by atoms with Crippen LogP contribution in [0.3, 0.4) is 0 Å². The molecule has 2 N–H and O–H groups in total.